The molecule has 0 radical (unpaired) electrons. The van der Waals surface area contributed by atoms with Gasteiger partial charge in [-0.3, -0.25) is 9.69 Å². The molecule has 0 aromatic heterocycles. The Balaban J connectivity index is 1.44. The standard InChI is InChI=1S/C28H38N4O3S/c1-3-36(34,35)32-13-9-20(10-14-32)26-18-30-27-24(26)16-23(17-25(27)28(29)33)22-8-6-7-21(15-22)19(2)31-11-4-5-12-31/h6-8,15-17,19-20,26,30H,3-5,9-14,18H2,1-2H3,(H2,29,33). The Morgan fingerprint density at radius 1 is 1.08 bits per heavy atom. The van der Waals surface area contributed by atoms with E-state index < -0.39 is 15.9 Å². The lowest BCUT2D eigenvalue weighted by Gasteiger charge is -2.34. The first-order chi connectivity index (χ1) is 17.3. The number of nitrogens with two attached hydrogens (primary N) is 1. The number of hydrogen-bond donors (Lipinski definition) is 2. The maximum atomic E-state index is 12.5. The number of rotatable bonds is 7. The maximum Gasteiger partial charge on any atom is 0.250 e. The summed E-state index contributed by atoms with van der Waals surface area (Å²) in [5.41, 5.74) is 11.8. The predicted molar refractivity (Wildman–Crippen MR) is 145 cm³/mol. The molecular formula is C28H38N4O3S. The van der Waals surface area contributed by atoms with E-state index in [2.05, 4.69) is 47.5 Å². The number of nitrogens with zero attached hydrogens (tertiary/aromatic N) is 2. The highest BCUT2D eigenvalue weighted by atomic mass is 32.2. The molecule has 0 spiro atoms. The minimum atomic E-state index is -3.15. The summed E-state index contributed by atoms with van der Waals surface area (Å²) in [6.07, 6.45) is 4.16. The fraction of sp³-hybridized carbons (Fsp3) is 0.536. The highest BCUT2D eigenvalue weighted by molar-refractivity contribution is 7.89. The Hall–Kier alpha value is -2.42. The molecule has 2 aromatic carbocycles. The number of likely N-dealkylation sites (tertiary alicyclic amines) is 1. The minimum Gasteiger partial charge on any atom is -0.384 e. The van der Waals surface area contributed by atoms with Crippen LogP contribution in [0, 0.1) is 5.92 Å². The summed E-state index contributed by atoms with van der Waals surface area (Å²) in [6, 6.07) is 13.2. The largest absolute Gasteiger partial charge is 0.384 e. The third-order valence-corrected chi connectivity index (χ3v) is 10.4. The van der Waals surface area contributed by atoms with E-state index in [0.717, 1.165) is 54.9 Å². The van der Waals surface area contributed by atoms with Gasteiger partial charge in [-0.15, -0.1) is 0 Å². The fourth-order valence-corrected chi connectivity index (χ4v) is 7.45. The zero-order chi connectivity index (χ0) is 25.4. The van der Waals surface area contributed by atoms with Crippen molar-refractivity contribution in [1.29, 1.82) is 0 Å². The van der Waals surface area contributed by atoms with Gasteiger partial charge >= 0.3 is 0 Å². The number of primary amides is 1. The summed E-state index contributed by atoms with van der Waals surface area (Å²) in [4.78, 5) is 15.0. The number of fused-ring (bicyclic) bond motifs is 1. The molecule has 8 heteroatoms. The van der Waals surface area contributed by atoms with Crippen LogP contribution in [0.15, 0.2) is 36.4 Å². The minimum absolute atomic E-state index is 0.145. The lowest BCUT2D eigenvalue weighted by Crippen LogP contribution is -2.40. The Kier molecular flexibility index (Phi) is 7.12. The van der Waals surface area contributed by atoms with Gasteiger partial charge in [0, 0.05) is 31.6 Å². The van der Waals surface area contributed by atoms with Crippen LogP contribution in [0.2, 0.25) is 0 Å². The summed E-state index contributed by atoms with van der Waals surface area (Å²) in [5.74, 6) is 0.314. The molecule has 5 rings (SSSR count). The van der Waals surface area contributed by atoms with E-state index in [1.165, 1.54) is 18.4 Å². The second kappa shape index (κ2) is 10.1. The van der Waals surface area contributed by atoms with Crippen LogP contribution in [0.4, 0.5) is 5.69 Å². The van der Waals surface area contributed by atoms with Gasteiger partial charge in [-0.2, -0.15) is 0 Å². The van der Waals surface area contributed by atoms with Crippen molar-refractivity contribution < 1.29 is 13.2 Å². The van der Waals surface area contributed by atoms with Crippen molar-refractivity contribution in [2.45, 2.75) is 51.5 Å². The lowest BCUT2D eigenvalue weighted by molar-refractivity contribution is 0.100. The quantitative estimate of drug-likeness (QED) is 0.583. The second-order valence-electron chi connectivity index (χ2n) is 10.5. The van der Waals surface area contributed by atoms with Crippen molar-refractivity contribution >= 4 is 21.6 Å². The molecule has 3 aliphatic rings. The number of sulfonamides is 1. The Labute approximate surface area is 215 Å². The average Bonchev–Trinajstić information content (AvgIpc) is 3.58. The normalized spacial score (nSPS) is 22.3. The van der Waals surface area contributed by atoms with Gasteiger partial charge in [-0.1, -0.05) is 18.2 Å². The van der Waals surface area contributed by atoms with Crippen molar-refractivity contribution in [3.63, 3.8) is 0 Å². The van der Waals surface area contributed by atoms with E-state index in [4.69, 9.17) is 5.73 Å². The zero-order valence-corrected chi connectivity index (χ0v) is 22.2. The first kappa shape index (κ1) is 25.2. The summed E-state index contributed by atoms with van der Waals surface area (Å²) < 4.78 is 26.3. The highest BCUT2D eigenvalue weighted by Crippen LogP contribution is 2.44. The van der Waals surface area contributed by atoms with Gasteiger partial charge in [0.1, 0.15) is 0 Å². The smallest absolute Gasteiger partial charge is 0.250 e. The summed E-state index contributed by atoms with van der Waals surface area (Å²) in [5, 5.41) is 3.46. The van der Waals surface area contributed by atoms with Crippen molar-refractivity contribution in [1.82, 2.24) is 9.21 Å². The molecule has 2 aromatic rings. The van der Waals surface area contributed by atoms with Crippen LogP contribution in [0.5, 0.6) is 0 Å². The number of carbonyl (C=O) groups excluding carboxylic acids is 1. The molecule has 7 nitrogen and oxygen atoms in total. The Morgan fingerprint density at radius 3 is 2.47 bits per heavy atom. The van der Waals surface area contributed by atoms with Crippen LogP contribution in [0.25, 0.3) is 11.1 Å². The van der Waals surface area contributed by atoms with Gasteiger partial charge in [0.2, 0.25) is 10.0 Å². The molecular weight excluding hydrogens is 472 g/mol. The van der Waals surface area contributed by atoms with E-state index >= 15 is 0 Å². The van der Waals surface area contributed by atoms with Gasteiger partial charge in [-0.25, -0.2) is 12.7 Å². The van der Waals surface area contributed by atoms with Crippen LogP contribution >= 0.6 is 0 Å². The first-order valence-corrected chi connectivity index (χ1v) is 14.9. The van der Waals surface area contributed by atoms with Crippen LogP contribution in [0.3, 0.4) is 0 Å². The van der Waals surface area contributed by atoms with E-state index in [9.17, 15) is 13.2 Å². The molecule has 3 aliphatic heterocycles. The van der Waals surface area contributed by atoms with E-state index in [-0.39, 0.29) is 11.7 Å². The molecule has 36 heavy (non-hydrogen) atoms. The average molecular weight is 511 g/mol. The molecule has 194 valence electrons. The maximum absolute atomic E-state index is 12.5. The van der Waals surface area contributed by atoms with Crippen molar-refractivity contribution in [2.24, 2.45) is 11.7 Å². The molecule has 3 heterocycles. The van der Waals surface area contributed by atoms with E-state index in [0.29, 0.717) is 30.6 Å². The van der Waals surface area contributed by atoms with Crippen LogP contribution in [-0.2, 0) is 10.0 Å². The van der Waals surface area contributed by atoms with Gasteiger partial charge in [-0.05, 0) is 99.0 Å². The molecule has 0 aliphatic carbocycles. The number of anilines is 1. The third kappa shape index (κ3) is 4.78. The Morgan fingerprint density at radius 2 is 1.81 bits per heavy atom. The van der Waals surface area contributed by atoms with Crippen LogP contribution in [-0.4, -0.2) is 62.0 Å². The van der Waals surface area contributed by atoms with Crippen LogP contribution < -0.4 is 11.1 Å². The number of carbonyl (C=O) groups is 1. The number of nitrogens with one attached hydrogen (secondary N) is 1. The van der Waals surface area contributed by atoms with Gasteiger partial charge < -0.3 is 11.1 Å². The van der Waals surface area contributed by atoms with Gasteiger partial charge in [0.25, 0.3) is 5.91 Å². The number of amides is 1. The van der Waals surface area contributed by atoms with Crippen LogP contribution in [0.1, 0.15) is 73.0 Å². The third-order valence-electron chi connectivity index (χ3n) is 8.55. The molecule has 3 N–H and O–H groups in total. The monoisotopic (exact) mass is 510 g/mol. The van der Waals surface area contributed by atoms with Crippen molar-refractivity contribution in [2.75, 3.05) is 43.8 Å². The number of benzene rings is 2. The highest BCUT2D eigenvalue weighted by Gasteiger charge is 2.36. The Bertz CT molecular complexity index is 1230. The van der Waals surface area contributed by atoms with Crippen molar-refractivity contribution in [3.8, 4) is 11.1 Å². The summed E-state index contributed by atoms with van der Waals surface area (Å²) >= 11 is 0. The van der Waals surface area contributed by atoms with E-state index in [1.54, 1.807) is 11.2 Å². The molecule has 2 saturated heterocycles. The number of hydrogen-bond acceptors (Lipinski definition) is 5. The van der Waals surface area contributed by atoms with Gasteiger partial charge in [0.15, 0.2) is 0 Å². The molecule has 2 atom stereocenters. The number of piperidine rings is 1. The molecule has 2 fully saturated rings. The molecule has 2 unspecified atom stereocenters. The van der Waals surface area contributed by atoms with Crippen molar-refractivity contribution in [3.05, 3.63) is 53.1 Å². The molecule has 0 saturated carbocycles. The first-order valence-electron chi connectivity index (χ1n) is 13.3. The van der Waals surface area contributed by atoms with Gasteiger partial charge in [0.05, 0.1) is 17.0 Å². The second-order valence-corrected chi connectivity index (χ2v) is 12.8. The SMILES string of the molecule is CCS(=O)(=O)N1CCC(C2CNc3c(C(N)=O)cc(-c4cccc(C(C)N5CCCC5)c4)cc32)CC1. The topological polar surface area (TPSA) is 95.7 Å². The van der Waals surface area contributed by atoms with E-state index in [1.807, 2.05) is 6.07 Å². The molecule has 0 bridgehead atoms. The lowest BCUT2D eigenvalue weighted by atomic mass is 9.80. The molecule has 1 amide bonds. The summed E-state index contributed by atoms with van der Waals surface area (Å²) in [6.45, 7) is 8.12. The zero-order valence-electron chi connectivity index (χ0n) is 21.4. The summed E-state index contributed by atoms with van der Waals surface area (Å²) in [7, 11) is -3.15. The predicted octanol–water partition coefficient (Wildman–Crippen LogP) is 4.18. The fourth-order valence-electron chi connectivity index (χ4n) is 6.31.